The lowest BCUT2D eigenvalue weighted by molar-refractivity contribution is 0.252. The van der Waals surface area contributed by atoms with Gasteiger partial charge in [0.05, 0.1) is 5.39 Å². The number of likely N-dealkylation sites (tertiary alicyclic amines) is 1. The Hall–Kier alpha value is -1.98. The van der Waals surface area contributed by atoms with E-state index in [2.05, 4.69) is 66.3 Å². The fourth-order valence-electron chi connectivity index (χ4n) is 4.00. The molecule has 0 unspecified atom stereocenters. The highest BCUT2D eigenvalue weighted by Crippen LogP contribution is 2.39. The number of aromatic nitrogens is 2. The summed E-state index contributed by atoms with van der Waals surface area (Å²) in [5, 5.41) is 3.44. The molecule has 1 saturated heterocycles. The zero-order valence-electron chi connectivity index (χ0n) is 16.0. The third-order valence-electron chi connectivity index (χ3n) is 5.59. The molecule has 1 aliphatic heterocycles. The topological polar surface area (TPSA) is 32.3 Å². The van der Waals surface area contributed by atoms with Crippen LogP contribution in [0, 0.1) is 13.8 Å². The predicted octanol–water partition coefficient (Wildman–Crippen LogP) is 4.51. The number of rotatable bonds is 3. The van der Waals surface area contributed by atoms with Gasteiger partial charge in [0.1, 0.15) is 17.0 Å². The van der Waals surface area contributed by atoms with Crippen LogP contribution in [-0.4, -0.2) is 48.1 Å². The molecule has 0 spiro atoms. The molecule has 0 bridgehead atoms. The fourth-order valence-corrected chi connectivity index (χ4v) is 4.90. The van der Waals surface area contributed by atoms with E-state index in [4.69, 9.17) is 4.98 Å². The number of nitrogens with zero attached hydrogens (tertiary/aromatic N) is 4. The Kier molecular flexibility index (Phi) is 4.67. The molecule has 0 aliphatic carbocycles. The van der Waals surface area contributed by atoms with Gasteiger partial charge in [0.2, 0.25) is 0 Å². The third-order valence-corrected chi connectivity index (χ3v) is 6.48. The largest absolute Gasteiger partial charge is 0.356 e. The van der Waals surface area contributed by atoms with Gasteiger partial charge in [-0.15, -0.1) is 11.3 Å². The lowest BCUT2D eigenvalue weighted by atomic mass is 9.98. The van der Waals surface area contributed by atoms with E-state index in [1.54, 1.807) is 17.7 Å². The van der Waals surface area contributed by atoms with Gasteiger partial charge in [-0.3, -0.25) is 0 Å². The lowest BCUT2D eigenvalue weighted by Crippen LogP contribution is -2.42. The SMILES string of the molecule is Cc1ccc(-c2csc3ncnc(N(C)C4CCN(C)CC4)c23)c(C)c1. The van der Waals surface area contributed by atoms with Crippen molar-refractivity contribution in [2.75, 3.05) is 32.1 Å². The Balaban J connectivity index is 1.80. The van der Waals surface area contributed by atoms with Crippen molar-refractivity contribution >= 4 is 27.4 Å². The minimum atomic E-state index is 0.538. The summed E-state index contributed by atoms with van der Waals surface area (Å²) in [5.41, 5.74) is 5.15. The molecule has 1 aromatic carbocycles. The van der Waals surface area contributed by atoms with E-state index in [1.807, 2.05) is 0 Å². The number of benzene rings is 1. The van der Waals surface area contributed by atoms with E-state index >= 15 is 0 Å². The van der Waals surface area contributed by atoms with Gasteiger partial charge in [-0.05, 0) is 58.0 Å². The Morgan fingerprint density at radius 3 is 2.62 bits per heavy atom. The number of fused-ring (bicyclic) bond motifs is 1. The van der Waals surface area contributed by atoms with Crippen LogP contribution in [0.2, 0.25) is 0 Å². The van der Waals surface area contributed by atoms with Crippen molar-refractivity contribution in [1.29, 1.82) is 0 Å². The van der Waals surface area contributed by atoms with Crippen molar-refractivity contribution in [2.45, 2.75) is 32.7 Å². The maximum absolute atomic E-state index is 4.71. The van der Waals surface area contributed by atoms with Crippen LogP contribution in [0.1, 0.15) is 24.0 Å². The highest BCUT2D eigenvalue weighted by molar-refractivity contribution is 7.17. The second kappa shape index (κ2) is 6.97. The monoisotopic (exact) mass is 366 g/mol. The van der Waals surface area contributed by atoms with Crippen LogP contribution < -0.4 is 4.90 Å². The van der Waals surface area contributed by atoms with Crippen molar-refractivity contribution in [1.82, 2.24) is 14.9 Å². The molecule has 3 aromatic rings. The molecule has 0 saturated carbocycles. The quantitative estimate of drug-likeness (QED) is 0.683. The Bertz CT molecular complexity index is 925. The molecule has 0 atom stereocenters. The van der Waals surface area contributed by atoms with Gasteiger partial charge in [0.25, 0.3) is 0 Å². The van der Waals surface area contributed by atoms with Crippen LogP contribution in [0.3, 0.4) is 0 Å². The lowest BCUT2D eigenvalue weighted by Gasteiger charge is -2.36. The fraction of sp³-hybridized carbons (Fsp3) is 0.429. The molecule has 4 nitrogen and oxygen atoms in total. The molecular weight excluding hydrogens is 340 g/mol. The molecule has 26 heavy (non-hydrogen) atoms. The average molecular weight is 367 g/mol. The summed E-state index contributed by atoms with van der Waals surface area (Å²) in [7, 11) is 4.40. The molecule has 0 N–H and O–H groups in total. The zero-order valence-corrected chi connectivity index (χ0v) is 16.8. The van der Waals surface area contributed by atoms with E-state index in [0.717, 1.165) is 23.7 Å². The van der Waals surface area contributed by atoms with E-state index in [1.165, 1.54) is 40.5 Å². The van der Waals surface area contributed by atoms with E-state index < -0.39 is 0 Å². The van der Waals surface area contributed by atoms with E-state index in [0.29, 0.717) is 6.04 Å². The molecule has 0 radical (unpaired) electrons. The van der Waals surface area contributed by atoms with Crippen LogP contribution in [-0.2, 0) is 0 Å². The van der Waals surface area contributed by atoms with Crippen molar-refractivity contribution in [3.05, 3.63) is 41.0 Å². The summed E-state index contributed by atoms with van der Waals surface area (Å²) >= 11 is 1.71. The normalized spacial score (nSPS) is 16.3. The van der Waals surface area contributed by atoms with E-state index in [-0.39, 0.29) is 0 Å². The molecule has 1 aliphatic rings. The number of anilines is 1. The second-order valence-electron chi connectivity index (χ2n) is 7.49. The molecule has 4 rings (SSSR count). The van der Waals surface area contributed by atoms with Crippen LogP contribution in [0.5, 0.6) is 0 Å². The van der Waals surface area contributed by atoms with Crippen LogP contribution >= 0.6 is 11.3 Å². The first-order valence-corrected chi connectivity index (χ1v) is 10.1. The van der Waals surface area contributed by atoms with Crippen molar-refractivity contribution in [3.8, 4) is 11.1 Å². The smallest absolute Gasteiger partial charge is 0.141 e. The van der Waals surface area contributed by atoms with Gasteiger partial charge in [0, 0.05) is 24.0 Å². The molecule has 0 amide bonds. The predicted molar refractivity (Wildman–Crippen MR) is 111 cm³/mol. The molecule has 136 valence electrons. The third kappa shape index (κ3) is 3.10. The number of aryl methyl sites for hydroxylation is 2. The summed E-state index contributed by atoms with van der Waals surface area (Å²) in [6.07, 6.45) is 4.08. The summed E-state index contributed by atoms with van der Waals surface area (Å²) in [5.74, 6) is 1.07. The van der Waals surface area contributed by atoms with Gasteiger partial charge in [-0.2, -0.15) is 0 Å². The van der Waals surface area contributed by atoms with Crippen LogP contribution in [0.25, 0.3) is 21.3 Å². The van der Waals surface area contributed by atoms with Crippen LogP contribution in [0.4, 0.5) is 5.82 Å². The Labute approximate surface area is 159 Å². The number of piperidine rings is 1. The molecular formula is C21H26N4S. The van der Waals surface area contributed by atoms with Gasteiger partial charge in [-0.25, -0.2) is 9.97 Å². The first-order chi connectivity index (χ1) is 12.5. The maximum Gasteiger partial charge on any atom is 0.141 e. The highest BCUT2D eigenvalue weighted by atomic mass is 32.1. The van der Waals surface area contributed by atoms with Gasteiger partial charge < -0.3 is 9.80 Å². The van der Waals surface area contributed by atoms with Gasteiger partial charge >= 0.3 is 0 Å². The summed E-state index contributed by atoms with van der Waals surface area (Å²) in [6, 6.07) is 7.22. The number of hydrogen-bond acceptors (Lipinski definition) is 5. The second-order valence-corrected chi connectivity index (χ2v) is 8.35. The standard InChI is InChI=1S/C21H26N4S/c1-14-5-6-17(15(2)11-14)18-12-26-21-19(18)20(22-13-23-21)25(4)16-7-9-24(3)10-8-16/h5-6,11-13,16H,7-10H2,1-4H3. The van der Waals surface area contributed by atoms with Crippen molar-refractivity contribution in [3.63, 3.8) is 0 Å². The first kappa shape index (κ1) is 17.4. The Morgan fingerprint density at radius 1 is 1.12 bits per heavy atom. The van der Waals surface area contributed by atoms with Crippen molar-refractivity contribution < 1.29 is 0 Å². The summed E-state index contributed by atoms with van der Waals surface area (Å²) in [6.45, 7) is 6.63. The van der Waals surface area contributed by atoms with E-state index in [9.17, 15) is 0 Å². The van der Waals surface area contributed by atoms with Gasteiger partial charge in [-0.1, -0.05) is 23.8 Å². The highest BCUT2D eigenvalue weighted by Gasteiger charge is 2.24. The maximum atomic E-state index is 4.71. The molecule has 1 fully saturated rings. The Morgan fingerprint density at radius 2 is 1.88 bits per heavy atom. The minimum Gasteiger partial charge on any atom is -0.356 e. The average Bonchev–Trinajstić information content (AvgIpc) is 3.06. The molecule has 2 aromatic heterocycles. The summed E-state index contributed by atoms with van der Waals surface area (Å²) in [4.78, 5) is 15.1. The van der Waals surface area contributed by atoms with Gasteiger partial charge in [0.15, 0.2) is 0 Å². The molecule has 5 heteroatoms. The number of thiophene rings is 1. The minimum absolute atomic E-state index is 0.538. The number of hydrogen-bond donors (Lipinski definition) is 0. The zero-order chi connectivity index (χ0) is 18.3. The first-order valence-electron chi connectivity index (χ1n) is 9.26. The van der Waals surface area contributed by atoms with Crippen molar-refractivity contribution in [2.24, 2.45) is 0 Å². The van der Waals surface area contributed by atoms with Crippen LogP contribution in [0.15, 0.2) is 29.9 Å². The summed E-state index contributed by atoms with van der Waals surface area (Å²) < 4.78 is 0. The molecule has 3 heterocycles.